The van der Waals surface area contributed by atoms with E-state index < -0.39 is 0 Å². The van der Waals surface area contributed by atoms with Gasteiger partial charge in [-0.3, -0.25) is 0 Å². The lowest BCUT2D eigenvalue weighted by molar-refractivity contribution is 0.669. The fourth-order valence-corrected chi connectivity index (χ4v) is 9.74. The summed E-state index contributed by atoms with van der Waals surface area (Å²) in [6.45, 7) is 0.0353. The van der Waals surface area contributed by atoms with E-state index in [9.17, 15) is 0 Å². The summed E-state index contributed by atoms with van der Waals surface area (Å²) in [6, 6.07) is 48.9. The molecule has 216 valence electrons. The van der Waals surface area contributed by atoms with Crippen LogP contribution in [0.2, 0.25) is 0 Å². The van der Waals surface area contributed by atoms with Gasteiger partial charge in [-0.1, -0.05) is 97.1 Å². The predicted octanol–water partition coefficient (Wildman–Crippen LogP) is 10.5. The van der Waals surface area contributed by atoms with Crippen LogP contribution in [0.5, 0.6) is 0 Å². The number of thiophene rings is 1. The SMILES string of the molecule is c1ccc2cc(N3c4cc5ccccc5cc4B4c5c3csc5-c3cc5oc6ccccc6c5c5c6ccccc6n4c35)ccc2c1. The van der Waals surface area contributed by atoms with Crippen LogP contribution in [-0.4, -0.2) is 11.3 Å². The Morgan fingerprint density at radius 3 is 2.17 bits per heavy atom. The first-order valence-electron chi connectivity index (χ1n) is 16.1. The highest BCUT2D eigenvalue weighted by atomic mass is 32.1. The Bertz CT molecular complexity index is 3000. The number of benzene rings is 7. The molecule has 5 heterocycles. The molecular formula is C42H23BN2OS. The Labute approximate surface area is 273 Å². The van der Waals surface area contributed by atoms with E-state index in [-0.39, 0.29) is 6.85 Å². The smallest absolute Gasteiger partial charge is 0.333 e. The zero-order valence-corrected chi connectivity index (χ0v) is 25.9. The molecule has 2 aliphatic rings. The molecule has 7 aromatic carbocycles. The minimum absolute atomic E-state index is 0.0353. The molecule has 0 unspecified atom stereocenters. The molecule has 0 fully saturated rings. The van der Waals surface area contributed by atoms with Crippen LogP contribution < -0.4 is 15.8 Å². The second-order valence-corrected chi connectivity index (χ2v) is 13.8. The van der Waals surface area contributed by atoms with Gasteiger partial charge in [-0.2, -0.15) is 0 Å². The average Bonchev–Trinajstić information content (AvgIpc) is 3.82. The first kappa shape index (κ1) is 24.5. The standard InChI is InChI=1S/C42H23BN2OS/c1-2-10-25-19-28(18-17-24(25)9-1)44-34-21-27-12-4-3-11-26(27)20-32(34)43-40-35(44)23-47-42(40)31-22-37-38(30-14-6-8-16-36(30)46-37)39-29-13-5-7-15-33(29)45(43)41(31)39/h1-23H. The number of hydrogen-bond donors (Lipinski definition) is 0. The van der Waals surface area contributed by atoms with Gasteiger partial charge in [-0.15, -0.1) is 11.3 Å². The average molecular weight is 615 g/mol. The maximum atomic E-state index is 6.60. The van der Waals surface area contributed by atoms with Gasteiger partial charge >= 0.3 is 6.85 Å². The Kier molecular flexibility index (Phi) is 4.43. The summed E-state index contributed by atoms with van der Waals surface area (Å²) < 4.78 is 9.24. The number of para-hydroxylation sites is 2. The molecule has 3 aromatic heterocycles. The Morgan fingerprint density at radius 1 is 0.574 bits per heavy atom. The van der Waals surface area contributed by atoms with Crippen molar-refractivity contribution in [3.63, 3.8) is 0 Å². The van der Waals surface area contributed by atoms with Gasteiger partial charge in [0, 0.05) is 59.8 Å². The number of nitrogens with zero attached hydrogens (tertiary/aromatic N) is 2. The van der Waals surface area contributed by atoms with Crippen molar-refractivity contribution in [3.05, 3.63) is 139 Å². The largest absolute Gasteiger partial charge is 0.456 e. The number of hydrogen-bond acceptors (Lipinski definition) is 3. The van der Waals surface area contributed by atoms with Gasteiger partial charge in [0.15, 0.2) is 0 Å². The van der Waals surface area contributed by atoms with Gasteiger partial charge in [-0.05, 0) is 68.9 Å². The maximum Gasteiger partial charge on any atom is 0.333 e. The van der Waals surface area contributed by atoms with E-state index in [1.807, 2.05) is 11.3 Å². The van der Waals surface area contributed by atoms with Crippen molar-refractivity contribution in [2.24, 2.45) is 0 Å². The van der Waals surface area contributed by atoms with Crippen molar-refractivity contribution in [3.8, 4) is 10.4 Å². The van der Waals surface area contributed by atoms with E-state index in [1.165, 1.54) is 92.6 Å². The van der Waals surface area contributed by atoms with E-state index in [0.717, 1.165) is 11.2 Å². The molecule has 0 atom stereocenters. The summed E-state index contributed by atoms with van der Waals surface area (Å²) in [4.78, 5) is 3.84. The third-order valence-electron chi connectivity index (χ3n) is 10.6. The van der Waals surface area contributed by atoms with E-state index in [2.05, 4.69) is 148 Å². The van der Waals surface area contributed by atoms with Crippen LogP contribution in [0, 0.1) is 0 Å². The molecule has 3 nitrogen and oxygen atoms in total. The van der Waals surface area contributed by atoms with Crippen LogP contribution in [-0.2, 0) is 0 Å². The quantitative estimate of drug-likeness (QED) is 0.172. The third-order valence-corrected chi connectivity index (χ3v) is 11.6. The molecule has 0 bridgehead atoms. The molecule has 0 saturated carbocycles. The van der Waals surface area contributed by atoms with Crippen molar-refractivity contribution in [1.82, 2.24) is 4.48 Å². The van der Waals surface area contributed by atoms with E-state index in [4.69, 9.17) is 4.42 Å². The molecule has 0 amide bonds. The fraction of sp³-hybridized carbons (Fsp3) is 0. The lowest BCUT2D eigenvalue weighted by Gasteiger charge is -2.38. The van der Waals surface area contributed by atoms with E-state index in [0.29, 0.717) is 0 Å². The molecule has 0 radical (unpaired) electrons. The second-order valence-electron chi connectivity index (χ2n) is 12.9. The fourth-order valence-electron chi connectivity index (χ4n) is 8.66. The molecule has 2 aliphatic heterocycles. The zero-order chi connectivity index (χ0) is 30.4. The highest BCUT2D eigenvalue weighted by Gasteiger charge is 2.44. The van der Waals surface area contributed by atoms with Crippen molar-refractivity contribution in [2.75, 3.05) is 4.90 Å². The lowest BCUT2D eigenvalue weighted by atomic mass is 9.46. The first-order valence-corrected chi connectivity index (χ1v) is 17.0. The molecule has 47 heavy (non-hydrogen) atoms. The summed E-state index contributed by atoms with van der Waals surface area (Å²) in [5.41, 5.74) is 12.1. The van der Waals surface area contributed by atoms with Gasteiger partial charge in [0.05, 0.1) is 5.69 Å². The van der Waals surface area contributed by atoms with Crippen LogP contribution in [0.15, 0.2) is 143 Å². The number of anilines is 3. The van der Waals surface area contributed by atoms with Crippen molar-refractivity contribution < 1.29 is 4.42 Å². The summed E-state index contributed by atoms with van der Waals surface area (Å²) in [5.74, 6) is 0. The van der Waals surface area contributed by atoms with Crippen molar-refractivity contribution in [1.29, 1.82) is 0 Å². The summed E-state index contributed by atoms with van der Waals surface area (Å²) >= 11 is 1.86. The Hall–Kier alpha value is -5.78. The predicted molar refractivity (Wildman–Crippen MR) is 200 cm³/mol. The first-order chi connectivity index (χ1) is 23.3. The zero-order valence-electron chi connectivity index (χ0n) is 25.1. The molecule has 12 rings (SSSR count). The van der Waals surface area contributed by atoms with Crippen LogP contribution in [0.25, 0.3) is 75.7 Å². The van der Waals surface area contributed by atoms with Gasteiger partial charge in [-0.25, -0.2) is 0 Å². The number of rotatable bonds is 1. The Balaban J connectivity index is 1.27. The van der Waals surface area contributed by atoms with Crippen molar-refractivity contribution >= 4 is 111 Å². The van der Waals surface area contributed by atoms with Gasteiger partial charge in [0.1, 0.15) is 11.2 Å². The molecule has 5 heteroatoms. The monoisotopic (exact) mass is 614 g/mol. The molecule has 0 saturated heterocycles. The van der Waals surface area contributed by atoms with Crippen LogP contribution in [0.4, 0.5) is 17.1 Å². The van der Waals surface area contributed by atoms with Crippen LogP contribution >= 0.6 is 11.3 Å². The number of fused-ring (bicyclic) bond motifs is 13. The lowest BCUT2D eigenvalue weighted by Crippen LogP contribution is -2.55. The number of furan rings is 1. The van der Waals surface area contributed by atoms with E-state index in [1.54, 1.807) is 0 Å². The maximum absolute atomic E-state index is 6.60. The third kappa shape index (κ3) is 2.99. The van der Waals surface area contributed by atoms with Gasteiger partial charge < -0.3 is 13.8 Å². The minimum Gasteiger partial charge on any atom is -0.456 e. The van der Waals surface area contributed by atoms with Gasteiger partial charge in [0.25, 0.3) is 0 Å². The molecule has 0 spiro atoms. The molecule has 0 N–H and O–H groups in total. The van der Waals surface area contributed by atoms with Gasteiger partial charge in [0.2, 0.25) is 0 Å². The normalized spacial score (nSPS) is 13.4. The summed E-state index contributed by atoms with van der Waals surface area (Å²) in [5, 5.41) is 12.3. The highest BCUT2D eigenvalue weighted by molar-refractivity contribution is 7.17. The van der Waals surface area contributed by atoms with Crippen LogP contribution in [0.3, 0.4) is 0 Å². The summed E-state index contributed by atoms with van der Waals surface area (Å²) in [7, 11) is 0. The highest BCUT2D eigenvalue weighted by Crippen LogP contribution is 2.51. The molecular weight excluding hydrogens is 591 g/mol. The summed E-state index contributed by atoms with van der Waals surface area (Å²) in [6.07, 6.45) is 0. The van der Waals surface area contributed by atoms with Crippen molar-refractivity contribution in [2.45, 2.75) is 0 Å². The van der Waals surface area contributed by atoms with Crippen LogP contribution in [0.1, 0.15) is 0 Å². The topological polar surface area (TPSA) is 21.3 Å². The van der Waals surface area contributed by atoms with E-state index >= 15 is 0 Å². The molecule has 10 aromatic rings. The number of aromatic nitrogens is 1. The Morgan fingerprint density at radius 2 is 1.30 bits per heavy atom. The molecule has 0 aliphatic carbocycles. The second kappa shape index (κ2) is 8.52. The minimum atomic E-state index is 0.0353.